The second-order valence-electron chi connectivity index (χ2n) is 22.8. The molecule has 2 aliphatic rings. The van der Waals surface area contributed by atoms with Gasteiger partial charge in [-0.1, -0.05) is 97.8 Å². The lowest BCUT2D eigenvalue weighted by Crippen LogP contribution is -2.66. The summed E-state index contributed by atoms with van der Waals surface area (Å²) in [5.41, 5.74) is 6.51. The predicted octanol–water partition coefficient (Wildman–Crippen LogP) is 5.23. The van der Waals surface area contributed by atoms with Crippen molar-refractivity contribution in [2.75, 3.05) is 54.6 Å². The Morgan fingerprint density at radius 2 is 0.840 bits per heavy atom. The number of nitrogens with two attached hydrogens (primary N) is 1. The molecule has 24 nitrogen and oxygen atoms in total. The first kappa shape index (κ1) is 73.3. The molecule has 8 rings (SSSR count). The second kappa shape index (κ2) is 34.4. The maximum Gasteiger partial charge on any atom is 0.335 e. The summed E-state index contributed by atoms with van der Waals surface area (Å²) in [5.74, 6) is -1.16. The molecule has 2 saturated heterocycles. The molecule has 14 atom stereocenters. The fourth-order valence-corrected chi connectivity index (χ4v) is 11.4. The van der Waals surface area contributed by atoms with E-state index < -0.39 is 102 Å². The van der Waals surface area contributed by atoms with Gasteiger partial charge < -0.3 is 100 Å². The molecule has 508 valence electrons. The van der Waals surface area contributed by atoms with E-state index in [1.165, 1.54) is 7.11 Å². The van der Waals surface area contributed by atoms with Gasteiger partial charge in [0.1, 0.15) is 82.3 Å². The number of carbonyl (C=O) groups is 4. The van der Waals surface area contributed by atoms with E-state index in [1.54, 1.807) is 86.8 Å². The van der Waals surface area contributed by atoms with Crippen molar-refractivity contribution in [3.05, 3.63) is 179 Å². The number of benzene rings is 6. The van der Waals surface area contributed by atoms with Gasteiger partial charge in [0.2, 0.25) is 11.8 Å². The number of ether oxygens (including phenoxy) is 9. The van der Waals surface area contributed by atoms with Gasteiger partial charge in [0.25, 0.3) is 5.91 Å². The summed E-state index contributed by atoms with van der Waals surface area (Å²) in [5, 5.41) is 85.4. The molecule has 0 spiro atoms. The normalized spacial score (nSPS) is 22.9. The molecule has 0 aromatic heterocycles. The Morgan fingerprint density at radius 3 is 1.21 bits per heavy atom. The zero-order valence-corrected chi connectivity index (χ0v) is 54.0. The Kier molecular flexibility index (Phi) is 26.8. The van der Waals surface area contributed by atoms with Crippen molar-refractivity contribution in [3.8, 4) is 34.5 Å². The van der Waals surface area contributed by atoms with Gasteiger partial charge in [-0.2, -0.15) is 0 Å². The van der Waals surface area contributed by atoms with Crippen molar-refractivity contribution in [1.29, 1.82) is 0 Å². The Balaban J connectivity index is 0.000000303. The predicted molar refractivity (Wildman–Crippen MR) is 344 cm³/mol. The zero-order valence-electron chi connectivity index (χ0n) is 54.0. The first-order chi connectivity index (χ1) is 45.1. The van der Waals surface area contributed by atoms with Crippen LogP contribution in [0.4, 0.5) is 0 Å². The first-order valence-corrected chi connectivity index (χ1v) is 31.0. The summed E-state index contributed by atoms with van der Waals surface area (Å²) >= 11 is 0. The third kappa shape index (κ3) is 17.6. The van der Waals surface area contributed by atoms with Crippen LogP contribution in [0.1, 0.15) is 72.9 Å². The molecule has 2 heterocycles. The number of carbonyl (C=O) groups excluding carboxylic acids is 3. The van der Waals surface area contributed by atoms with Crippen LogP contribution in [-0.4, -0.2) is 175 Å². The number of carboxylic acids is 1. The summed E-state index contributed by atoms with van der Waals surface area (Å²) in [6, 6.07) is 43.3. The minimum absolute atomic E-state index is 0.122. The van der Waals surface area contributed by atoms with Crippen LogP contribution in [0.2, 0.25) is 0 Å². The van der Waals surface area contributed by atoms with E-state index in [2.05, 4.69) is 16.0 Å². The quantitative estimate of drug-likeness (QED) is 0.0268. The van der Waals surface area contributed by atoms with E-state index in [9.17, 15) is 54.9 Å². The molecule has 0 bridgehead atoms. The molecular weight excluding hydrogens is 1220 g/mol. The van der Waals surface area contributed by atoms with Gasteiger partial charge in [-0.05, 0) is 141 Å². The van der Waals surface area contributed by atoms with E-state index in [-0.39, 0.29) is 25.4 Å². The van der Waals surface area contributed by atoms with Crippen molar-refractivity contribution in [2.45, 2.75) is 126 Å². The fraction of sp³-hybridized carbons (Fsp3) is 0.429. The van der Waals surface area contributed by atoms with Crippen molar-refractivity contribution < 1.29 is 97.6 Å². The van der Waals surface area contributed by atoms with Crippen LogP contribution in [0.15, 0.2) is 146 Å². The number of aliphatic hydroxyl groups excluding tert-OH is 4. The first-order valence-electron chi connectivity index (χ1n) is 31.0. The van der Waals surface area contributed by atoms with E-state index in [4.69, 9.17) is 48.4 Å². The second-order valence-corrected chi connectivity index (χ2v) is 22.8. The highest BCUT2D eigenvalue weighted by Gasteiger charge is 2.54. The number of hydrogen-bond donors (Lipinski definition) is 11. The average Bonchev–Trinajstić information content (AvgIpc) is 0.780. The van der Waals surface area contributed by atoms with Crippen LogP contribution >= 0.6 is 0 Å². The van der Waals surface area contributed by atoms with Crippen molar-refractivity contribution >= 4 is 23.7 Å². The van der Waals surface area contributed by atoms with Crippen LogP contribution < -0.4 is 40.6 Å². The number of amides is 3. The number of unbranched alkanes of at least 4 members (excludes halogenated alkanes) is 1. The van der Waals surface area contributed by atoms with Crippen LogP contribution in [0.25, 0.3) is 0 Å². The lowest BCUT2D eigenvalue weighted by molar-refractivity contribution is -0.348. The molecule has 2 aliphatic heterocycles. The van der Waals surface area contributed by atoms with Gasteiger partial charge in [-0.3, -0.25) is 14.4 Å². The largest absolute Gasteiger partial charge is 0.497 e. The van der Waals surface area contributed by atoms with Gasteiger partial charge in [0.15, 0.2) is 24.8 Å². The Labute approximate surface area is 546 Å². The molecule has 6 aromatic carbocycles. The highest BCUT2D eigenvalue weighted by atomic mass is 16.7. The Hall–Kier alpha value is -8.08. The van der Waals surface area contributed by atoms with Crippen molar-refractivity contribution in [1.82, 2.24) is 16.0 Å². The number of methoxy groups -OCH3 is 4. The van der Waals surface area contributed by atoms with Gasteiger partial charge in [-0.15, -0.1) is 0 Å². The fourth-order valence-electron chi connectivity index (χ4n) is 11.4. The van der Waals surface area contributed by atoms with Gasteiger partial charge >= 0.3 is 5.97 Å². The Bertz CT molecular complexity index is 3350. The van der Waals surface area contributed by atoms with E-state index >= 15 is 0 Å². The lowest BCUT2D eigenvalue weighted by atomic mass is 9.74. The lowest BCUT2D eigenvalue weighted by Gasteiger charge is -2.45. The molecular formula is C70H88N4O20. The molecule has 0 saturated carbocycles. The van der Waals surface area contributed by atoms with Gasteiger partial charge in [0, 0.05) is 33.9 Å². The molecule has 3 amide bonds. The SMILES string of the molecule is CCC(C(=O)NCCCCN)C(O)(c1ccc(OC)cc1)c1ccc(Oc2ccc(C)cc2)cc1.CCC(C(=O)NCCNC(=O)C1O[C@@H](O[C@@H]2C(C(=O)O)OC(OC)[C@H](O)[C@H]2O)C(O)[C@@H](O)[C@@H]1OC)C(O)(c1ccc(OC)cc1)c1ccc(Oc2ccc(C)cc2)cc1. The highest BCUT2D eigenvalue weighted by molar-refractivity contribution is 5.83. The van der Waals surface area contributed by atoms with Crippen molar-refractivity contribution in [3.63, 3.8) is 0 Å². The number of aliphatic carboxylic acids is 1. The Morgan fingerprint density at radius 1 is 0.479 bits per heavy atom. The van der Waals surface area contributed by atoms with E-state index in [0.717, 1.165) is 43.9 Å². The van der Waals surface area contributed by atoms with Crippen LogP contribution in [-0.2, 0) is 54.1 Å². The number of aryl methyl sites for hydroxylation is 2. The minimum Gasteiger partial charge on any atom is -0.497 e. The molecule has 8 unspecified atom stereocenters. The summed E-state index contributed by atoms with van der Waals surface area (Å²) in [7, 11) is 5.39. The summed E-state index contributed by atoms with van der Waals surface area (Å²) in [6.45, 7) is 8.47. The number of hydrogen-bond acceptors (Lipinski definition) is 20. The van der Waals surface area contributed by atoms with E-state index in [1.807, 2.05) is 93.6 Å². The maximum atomic E-state index is 13.9. The molecule has 94 heavy (non-hydrogen) atoms. The van der Waals surface area contributed by atoms with Crippen LogP contribution in [0.3, 0.4) is 0 Å². The maximum absolute atomic E-state index is 13.9. The number of nitrogens with one attached hydrogen (secondary N) is 3. The monoisotopic (exact) mass is 1300 g/mol. The standard InChI is InChI=1S/C41H52N2O16.C29H36N2O4/c1-6-27(41(52,22-9-15-24(53-3)16-10-22)23-11-17-26(18-12-23)56-25-13-7-21(2)8-14-25)36(48)42-19-20-43-37(49)34-32(54-4)28(44)31(47)40(58-34)57-33-29(45)30(46)39(55-5)59-35(33)38(50)51;1-4-27(28(32)31-20-6-5-19-30)29(33,22-9-15-24(34-3)16-10-22)23-11-17-26(18-12-23)35-25-13-7-21(2)8-14-25/h7-18,27-35,39-40,44-47,52H,6,19-20H2,1-5H3,(H,42,48)(H,43,49)(H,50,51);7-18,27,33H,4-6,19-20,30H2,1-3H3,(H,31,32)/t27?,28-,29-,30-,31?,32+,33+,34?,35?,39?,40-,41?;/m1./s1. The third-order valence-corrected chi connectivity index (χ3v) is 16.7. The van der Waals surface area contributed by atoms with E-state index in [0.29, 0.717) is 70.5 Å². The number of carboxylic acid groups (broad SMARTS) is 1. The molecule has 24 heteroatoms. The smallest absolute Gasteiger partial charge is 0.335 e. The molecule has 6 aromatic rings. The number of rotatable bonds is 29. The van der Waals surface area contributed by atoms with Crippen LogP contribution in [0.5, 0.6) is 34.5 Å². The molecule has 2 fully saturated rings. The molecule has 0 radical (unpaired) electrons. The molecule has 12 N–H and O–H groups in total. The molecule has 0 aliphatic carbocycles. The summed E-state index contributed by atoms with van der Waals surface area (Å²) in [6.07, 6.45) is -15.4. The minimum atomic E-state index is -1.91. The third-order valence-electron chi connectivity index (χ3n) is 16.7. The average molecular weight is 1310 g/mol. The van der Waals surface area contributed by atoms with Crippen molar-refractivity contribution in [2.24, 2.45) is 17.6 Å². The summed E-state index contributed by atoms with van der Waals surface area (Å²) in [4.78, 5) is 52.5. The number of aliphatic hydroxyl groups is 6. The van der Waals surface area contributed by atoms with Gasteiger partial charge in [0.05, 0.1) is 26.1 Å². The highest BCUT2D eigenvalue weighted by Crippen LogP contribution is 2.43. The summed E-state index contributed by atoms with van der Waals surface area (Å²) < 4.78 is 49.1. The zero-order chi connectivity index (χ0) is 68.3. The topological polar surface area (TPSA) is 355 Å². The van der Waals surface area contributed by atoms with Crippen LogP contribution in [0, 0.1) is 25.7 Å². The van der Waals surface area contributed by atoms with Gasteiger partial charge in [-0.25, -0.2) is 4.79 Å².